The first-order chi connectivity index (χ1) is 10.1. The van der Waals surface area contributed by atoms with Crippen molar-refractivity contribution in [3.05, 3.63) is 65.2 Å². The predicted octanol–water partition coefficient (Wildman–Crippen LogP) is 1.59. The van der Waals surface area contributed by atoms with Crippen LogP contribution in [0.25, 0.3) is 0 Å². The van der Waals surface area contributed by atoms with Crippen molar-refractivity contribution in [3.8, 4) is 0 Å². The maximum atomic E-state index is 12.2. The highest BCUT2D eigenvalue weighted by Gasteiger charge is 2.31. The summed E-state index contributed by atoms with van der Waals surface area (Å²) < 4.78 is 0. The molecule has 0 spiro atoms. The number of fused-ring (bicyclic) bond motifs is 1. The molecular formula is C17H18N2O2. The summed E-state index contributed by atoms with van der Waals surface area (Å²) in [6.45, 7) is 0. The number of nitrogens with one attached hydrogen (secondary N) is 1. The number of nitrogens with two attached hydrogens (primary N) is 1. The summed E-state index contributed by atoms with van der Waals surface area (Å²) in [5.41, 5.74) is 9.36. The first kappa shape index (κ1) is 13.6. The van der Waals surface area contributed by atoms with Gasteiger partial charge in [-0.15, -0.1) is 0 Å². The van der Waals surface area contributed by atoms with Gasteiger partial charge in [-0.2, -0.15) is 0 Å². The van der Waals surface area contributed by atoms with Crippen molar-refractivity contribution in [2.75, 3.05) is 5.73 Å². The number of hydrogen-bond acceptors (Lipinski definition) is 3. The monoisotopic (exact) mass is 282 g/mol. The van der Waals surface area contributed by atoms with E-state index in [9.17, 15) is 9.90 Å². The van der Waals surface area contributed by atoms with Gasteiger partial charge in [-0.05, 0) is 22.8 Å². The van der Waals surface area contributed by atoms with Gasteiger partial charge in [-0.25, -0.2) is 0 Å². The third-order valence-corrected chi connectivity index (χ3v) is 3.93. The lowest BCUT2D eigenvalue weighted by atomic mass is 10.1. The topological polar surface area (TPSA) is 75.4 Å². The molecule has 0 unspecified atom stereocenters. The van der Waals surface area contributed by atoms with Crippen molar-refractivity contribution in [3.63, 3.8) is 0 Å². The Kier molecular flexibility index (Phi) is 3.62. The second-order valence-electron chi connectivity index (χ2n) is 5.39. The van der Waals surface area contributed by atoms with Gasteiger partial charge in [0.1, 0.15) is 0 Å². The van der Waals surface area contributed by atoms with Crippen LogP contribution < -0.4 is 11.1 Å². The molecule has 4 nitrogen and oxygen atoms in total. The quantitative estimate of drug-likeness (QED) is 0.748. The zero-order valence-corrected chi connectivity index (χ0v) is 11.6. The molecule has 4 N–H and O–H groups in total. The van der Waals surface area contributed by atoms with Gasteiger partial charge in [-0.1, -0.05) is 42.5 Å². The number of anilines is 1. The summed E-state index contributed by atoms with van der Waals surface area (Å²) in [6.07, 6.45) is 0.228. The minimum absolute atomic E-state index is 0.131. The number of aliphatic hydroxyl groups is 1. The highest BCUT2D eigenvalue weighted by atomic mass is 16.3. The summed E-state index contributed by atoms with van der Waals surface area (Å²) >= 11 is 0. The van der Waals surface area contributed by atoms with Crippen LogP contribution in [0.5, 0.6) is 0 Å². The largest absolute Gasteiger partial charge is 0.398 e. The van der Waals surface area contributed by atoms with Crippen LogP contribution in [0.3, 0.4) is 0 Å². The molecule has 0 saturated carbocycles. The van der Waals surface area contributed by atoms with Crippen molar-refractivity contribution >= 4 is 11.6 Å². The Balaban J connectivity index is 1.72. The van der Waals surface area contributed by atoms with Gasteiger partial charge < -0.3 is 16.2 Å². The van der Waals surface area contributed by atoms with Gasteiger partial charge in [0.15, 0.2) is 0 Å². The fourth-order valence-electron chi connectivity index (χ4n) is 2.84. The number of carbonyl (C=O) groups excluding carboxylic acids is 1. The lowest BCUT2D eigenvalue weighted by Gasteiger charge is -2.18. The molecule has 4 heteroatoms. The van der Waals surface area contributed by atoms with Crippen LogP contribution in [0, 0.1) is 0 Å². The SMILES string of the molecule is Nc1ccccc1CC(=O)N[C@H]1c2ccccc2C[C@H]1O. The van der Waals surface area contributed by atoms with E-state index in [1.54, 1.807) is 6.07 Å². The molecule has 2 aromatic rings. The van der Waals surface area contributed by atoms with Crippen molar-refractivity contribution in [1.82, 2.24) is 5.32 Å². The summed E-state index contributed by atoms with van der Waals surface area (Å²) in [5.74, 6) is -0.131. The molecule has 0 aliphatic heterocycles. The molecule has 0 bridgehead atoms. The van der Waals surface area contributed by atoms with Crippen LogP contribution in [0.4, 0.5) is 5.69 Å². The molecule has 21 heavy (non-hydrogen) atoms. The van der Waals surface area contributed by atoms with Crippen molar-refractivity contribution in [2.24, 2.45) is 0 Å². The van der Waals surface area contributed by atoms with Crippen LogP contribution in [0.1, 0.15) is 22.7 Å². The molecule has 0 fully saturated rings. The maximum Gasteiger partial charge on any atom is 0.225 e. The molecule has 2 atom stereocenters. The Labute approximate surface area is 123 Å². The first-order valence-electron chi connectivity index (χ1n) is 7.04. The third-order valence-electron chi connectivity index (χ3n) is 3.93. The number of aliphatic hydroxyl groups excluding tert-OH is 1. The van der Waals surface area contributed by atoms with Crippen LogP contribution in [-0.2, 0) is 17.6 Å². The molecular weight excluding hydrogens is 264 g/mol. The first-order valence-corrected chi connectivity index (χ1v) is 7.04. The van der Waals surface area contributed by atoms with E-state index < -0.39 is 6.10 Å². The summed E-state index contributed by atoms with van der Waals surface area (Å²) in [7, 11) is 0. The standard InChI is InChI=1S/C17H18N2O2/c18-14-8-4-2-6-12(14)10-16(21)19-17-13-7-3-1-5-11(13)9-15(17)20/h1-8,15,17,20H,9-10,18H2,(H,19,21)/t15-,17+/m1/s1. The number of benzene rings is 2. The second-order valence-corrected chi connectivity index (χ2v) is 5.39. The lowest BCUT2D eigenvalue weighted by molar-refractivity contribution is -0.121. The molecule has 108 valence electrons. The number of carbonyl (C=O) groups is 1. The molecule has 0 aromatic heterocycles. The Hall–Kier alpha value is -2.33. The Morgan fingerprint density at radius 2 is 1.90 bits per heavy atom. The smallest absolute Gasteiger partial charge is 0.225 e. The molecule has 1 amide bonds. The third kappa shape index (κ3) is 2.76. The molecule has 3 rings (SSSR count). The highest BCUT2D eigenvalue weighted by molar-refractivity contribution is 5.80. The minimum atomic E-state index is -0.570. The molecule has 0 heterocycles. The van der Waals surface area contributed by atoms with E-state index in [-0.39, 0.29) is 18.4 Å². The van der Waals surface area contributed by atoms with E-state index in [2.05, 4.69) is 5.32 Å². The molecule has 0 radical (unpaired) electrons. The molecule has 1 aliphatic carbocycles. The molecule has 2 aromatic carbocycles. The van der Waals surface area contributed by atoms with Gasteiger partial charge in [0.05, 0.1) is 18.6 Å². The Morgan fingerprint density at radius 3 is 2.71 bits per heavy atom. The average molecular weight is 282 g/mol. The highest BCUT2D eigenvalue weighted by Crippen LogP contribution is 2.31. The Morgan fingerprint density at radius 1 is 1.19 bits per heavy atom. The van der Waals surface area contributed by atoms with E-state index in [4.69, 9.17) is 5.73 Å². The van der Waals surface area contributed by atoms with E-state index in [0.717, 1.165) is 16.7 Å². The number of para-hydroxylation sites is 1. The zero-order chi connectivity index (χ0) is 14.8. The van der Waals surface area contributed by atoms with E-state index in [1.807, 2.05) is 42.5 Å². The number of amides is 1. The van der Waals surface area contributed by atoms with Crippen LogP contribution in [-0.4, -0.2) is 17.1 Å². The van der Waals surface area contributed by atoms with Gasteiger partial charge in [0.25, 0.3) is 0 Å². The number of nitrogen functional groups attached to an aromatic ring is 1. The minimum Gasteiger partial charge on any atom is -0.398 e. The second kappa shape index (κ2) is 5.58. The average Bonchev–Trinajstić information content (AvgIpc) is 2.78. The van der Waals surface area contributed by atoms with E-state index in [1.165, 1.54) is 0 Å². The van der Waals surface area contributed by atoms with Gasteiger partial charge >= 0.3 is 0 Å². The van der Waals surface area contributed by atoms with Crippen LogP contribution in [0.15, 0.2) is 48.5 Å². The summed E-state index contributed by atoms with van der Waals surface area (Å²) in [5, 5.41) is 13.1. The van der Waals surface area contributed by atoms with E-state index >= 15 is 0 Å². The van der Waals surface area contributed by atoms with Crippen molar-refractivity contribution < 1.29 is 9.90 Å². The normalized spacial score (nSPS) is 20.0. The maximum absolute atomic E-state index is 12.2. The van der Waals surface area contributed by atoms with Gasteiger partial charge in [-0.3, -0.25) is 4.79 Å². The number of hydrogen-bond donors (Lipinski definition) is 3. The van der Waals surface area contributed by atoms with Gasteiger partial charge in [0, 0.05) is 12.1 Å². The fraction of sp³-hybridized carbons (Fsp3) is 0.235. The van der Waals surface area contributed by atoms with Gasteiger partial charge in [0.2, 0.25) is 5.91 Å². The van der Waals surface area contributed by atoms with Crippen LogP contribution >= 0.6 is 0 Å². The summed E-state index contributed by atoms with van der Waals surface area (Å²) in [6, 6.07) is 14.8. The summed E-state index contributed by atoms with van der Waals surface area (Å²) in [4.78, 5) is 12.2. The molecule has 1 aliphatic rings. The Bertz CT molecular complexity index is 669. The van der Waals surface area contributed by atoms with Crippen molar-refractivity contribution in [1.29, 1.82) is 0 Å². The van der Waals surface area contributed by atoms with Crippen molar-refractivity contribution in [2.45, 2.75) is 25.0 Å². The van der Waals surface area contributed by atoms with Crippen LogP contribution in [0.2, 0.25) is 0 Å². The lowest BCUT2D eigenvalue weighted by Crippen LogP contribution is -2.34. The zero-order valence-electron chi connectivity index (χ0n) is 11.6. The van der Waals surface area contributed by atoms with E-state index in [0.29, 0.717) is 12.1 Å². The number of rotatable bonds is 3. The molecule has 0 saturated heterocycles. The fourth-order valence-corrected chi connectivity index (χ4v) is 2.84. The predicted molar refractivity (Wildman–Crippen MR) is 81.6 cm³/mol.